The molecule has 124 valence electrons. The van der Waals surface area contributed by atoms with E-state index in [2.05, 4.69) is 0 Å². The highest BCUT2D eigenvalue weighted by atomic mass is 35.5. The monoisotopic (exact) mass is 355 g/mol. The smallest absolute Gasteiger partial charge is 0.232 e. The maximum atomic E-state index is 12.2. The predicted molar refractivity (Wildman–Crippen MR) is 92.0 cm³/mol. The largest absolute Gasteiger partial charge is 0.497 e. The number of anilines is 1. The standard InChI is InChI=1S/C16H18ClNO4S/c1-21-14-7-8-15(16(10-14)22-2)18(23(3,19)20)11-12-5-4-6-13(17)9-12/h4-10H,11H2,1-3H3. The summed E-state index contributed by atoms with van der Waals surface area (Å²) in [6.45, 7) is 0.155. The summed E-state index contributed by atoms with van der Waals surface area (Å²) in [5, 5.41) is 0.553. The molecule has 0 heterocycles. The maximum Gasteiger partial charge on any atom is 0.232 e. The molecule has 0 aliphatic rings. The molecule has 0 bridgehead atoms. The molecule has 0 fully saturated rings. The Morgan fingerprint density at radius 2 is 1.83 bits per heavy atom. The van der Waals surface area contributed by atoms with Gasteiger partial charge in [-0.05, 0) is 29.8 Å². The van der Waals surface area contributed by atoms with Crippen molar-refractivity contribution in [1.82, 2.24) is 0 Å². The Bertz CT molecular complexity index is 792. The summed E-state index contributed by atoms with van der Waals surface area (Å²) in [5.74, 6) is 0.999. The third kappa shape index (κ3) is 4.30. The van der Waals surface area contributed by atoms with Crippen molar-refractivity contribution < 1.29 is 17.9 Å². The minimum atomic E-state index is -3.51. The Labute approximate surface area is 141 Å². The van der Waals surface area contributed by atoms with Gasteiger partial charge in [0.15, 0.2) is 0 Å². The average molecular weight is 356 g/mol. The molecular formula is C16H18ClNO4S. The predicted octanol–water partition coefficient (Wildman–Crippen LogP) is 3.32. The number of hydrogen-bond acceptors (Lipinski definition) is 4. The molecule has 0 spiro atoms. The van der Waals surface area contributed by atoms with E-state index in [0.717, 1.165) is 11.8 Å². The zero-order chi connectivity index (χ0) is 17.0. The fourth-order valence-electron chi connectivity index (χ4n) is 2.17. The van der Waals surface area contributed by atoms with Crippen molar-refractivity contribution in [2.75, 3.05) is 24.8 Å². The molecule has 0 aliphatic heterocycles. The fourth-order valence-corrected chi connectivity index (χ4v) is 3.28. The second kappa shape index (κ2) is 7.10. The number of hydrogen-bond donors (Lipinski definition) is 0. The van der Waals surface area contributed by atoms with Crippen molar-refractivity contribution in [1.29, 1.82) is 0 Å². The number of methoxy groups -OCH3 is 2. The number of halogens is 1. The minimum absolute atomic E-state index is 0.155. The van der Waals surface area contributed by atoms with Gasteiger partial charge in [-0.25, -0.2) is 8.42 Å². The van der Waals surface area contributed by atoms with Gasteiger partial charge in [0, 0.05) is 11.1 Å². The number of sulfonamides is 1. The minimum Gasteiger partial charge on any atom is -0.497 e. The zero-order valence-corrected chi connectivity index (χ0v) is 14.7. The third-order valence-electron chi connectivity index (χ3n) is 3.27. The van der Waals surface area contributed by atoms with Crippen LogP contribution in [-0.2, 0) is 16.6 Å². The first kappa shape index (κ1) is 17.4. The summed E-state index contributed by atoms with van der Waals surface area (Å²) < 4.78 is 36.2. The summed E-state index contributed by atoms with van der Waals surface area (Å²) in [7, 11) is -0.491. The van der Waals surface area contributed by atoms with E-state index in [4.69, 9.17) is 21.1 Å². The van der Waals surface area contributed by atoms with Gasteiger partial charge in [0.05, 0.1) is 32.7 Å². The SMILES string of the molecule is COc1ccc(N(Cc2cccc(Cl)c2)S(C)(=O)=O)c(OC)c1. The fraction of sp³-hybridized carbons (Fsp3) is 0.250. The molecule has 2 aromatic rings. The van der Waals surface area contributed by atoms with Crippen molar-refractivity contribution in [3.05, 3.63) is 53.1 Å². The van der Waals surface area contributed by atoms with E-state index in [-0.39, 0.29) is 6.54 Å². The highest BCUT2D eigenvalue weighted by molar-refractivity contribution is 7.92. The van der Waals surface area contributed by atoms with Crippen LogP contribution in [0, 0.1) is 0 Å². The lowest BCUT2D eigenvalue weighted by molar-refractivity contribution is 0.395. The average Bonchev–Trinajstić information content (AvgIpc) is 2.51. The molecule has 0 atom stereocenters. The van der Waals surface area contributed by atoms with Gasteiger partial charge in [-0.15, -0.1) is 0 Å². The Balaban J connectivity index is 2.48. The van der Waals surface area contributed by atoms with Crippen LogP contribution in [0.2, 0.25) is 5.02 Å². The van der Waals surface area contributed by atoms with Crippen LogP contribution in [0.15, 0.2) is 42.5 Å². The highest BCUT2D eigenvalue weighted by Crippen LogP contribution is 2.34. The normalized spacial score (nSPS) is 11.1. The van der Waals surface area contributed by atoms with Gasteiger partial charge in [0.1, 0.15) is 11.5 Å². The van der Waals surface area contributed by atoms with Gasteiger partial charge in [0.2, 0.25) is 10.0 Å². The van der Waals surface area contributed by atoms with Crippen LogP contribution < -0.4 is 13.8 Å². The molecule has 0 saturated carbocycles. The Kier molecular flexibility index (Phi) is 5.38. The van der Waals surface area contributed by atoms with Crippen molar-refractivity contribution in [2.45, 2.75) is 6.54 Å². The summed E-state index contributed by atoms with van der Waals surface area (Å²) >= 11 is 5.98. The van der Waals surface area contributed by atoms with Gasteiger partial charge in [0.25, 0.3) is 0 Å². The molecule has 0 N–H and O–H groups in total. The molecule has 5 nitrogen and oxygen atoms in total. The molecular weight excluding hydrogens is 338 g/mol. The number of nitrogens with zero attached hydrogens (tertiary/aromatic N) is 1. The number of ether oxygens (including phenoxy) is 2. The van der Waals surface area contributed by atoms with Gasteiger partial charge >= 0.3 is 0 Å². The number of benzene rings is 2. The van der Waals surface area contributed by atoms with Gasteiger partial charge < -0.3 is 9.47 Å². The highest BCUT2D eigenvalue weighted by Gasteiger charge is 2.22. The van der Waals surface area contributed by atoms with E-state index in [9.17, 15) is 8.42 Å². The lowest BCUT2D eigenvalue weighted by atomic mass is 10.2. The van der Waals surface area contributed by atoms with Crippen molar-refractivity contribution in [3.8, 4) is 11.5 Å². The van der Waals surface area contributed by atoms with Crippen LogP contribution >= 0.6 is 11.6 Å². The molecule has 2 aromatic carbocycles. The van der Waals surface area contributed by atoms with E-state index in [0.29, 0.717) is 22.2 Å². The van der Waals surface area contributed by atoms with Crippen molar-refractivity contribution >= 4 is 27.3 Å². The summed E-state index contributed by atoms with van der Waals surface area (Å²) in [6, 6.07) is 12.1. The molecule has 0 radical (unpaired) electrons. The van der Waals surface area contributed by atoms with E-state index in [1.165, 1.54) is 18.5 Å². The van der Waals surface area contributed by atoms with E-state index < -0.39 is 10.0 Å². The Morgan fingerprint density at radius 1 is 1.09 bits per heavy atom. The molecule has 0 amide bonds. The molecule has 0 saturated heterocycles. The number of rotatable bonds is 6. The first-order valence-electron chi connectivity index (χ1n) is 6.79. The summed E-state index contributed by atoms with van der Waals surface area (Å²) in [4.78, 5) is 0. The maximum absolute atomic E-state index is 12.2. The topological polar surface area (TPSA) is 55.8 Å². The first-order valence-corrected chi connectivity index (χ1v) is 9.02. The summed E-state index contributed by atoms with van der Waals surface area (Å²) in [5.41, 5.74) is 1.22. The van der Waals surface area contributed by atoms with Crippen LogP contribution in [0.25, 0.3) is 0 Å². The van der Waals surface area contributed by atoms with Crippen LogP contribution in [0.1, 0.15) is 5.56 Å². The van der Waals surface area contributed by atoms with Gasteiger partial charge in [-0.1, -0.05) is 23.7 Å². The van der Waals surface area contributed by atoms with Crippen molar-refractivity contribution in [3.63, 3.8) is 0 Å². The second-order valence-corrected chi connectivity index (χ2v) is 7.28. The first-order chi connectivity index (χ1) is 10.8. The second-order valence-electron chi connectivity index (χ2n) is 4.94. The zero-order valence-electron chi connectivity index (χ0n) is 13.1. The lowest BCUT2D eigenvalue weighted by Crippen LogP contribution is -2.29. The molecule has 7 heteroatoms. The van der Waals surface area contributed by atoms with Crippen LogP contribution in [0.3, 0.4) is 0 Å². The Morgan fingerprint density at radius 3 is 2.39 bits per heavy atom. The Hall–Kier alpha value is -1.92. The van der Waals surface area contributed by atoms with Crippen LogP contribution in [0.4, 0.5) is 5.69 Å². The summed E-state index contributed by atoms with van der Waals surface area (Å²) in [6.07, 6.45) is 1.15. The van der Waals surface area contributed by atoms with Crippen LogP contribution in [0.5, 0.6) is 11.5 Å². The van der Waals surface area contributed by atoms with E-state index in [1.54, 1.807) is 36.4 Å². The van der Waals surface area contributed by atoms with Gasteiger partial charge in [-0.3, -0.25) is 4.31 Å². The van der Waals surface area contributed by atoms with Crippen LogP contribution in [-0.4, -0.2) is 28.9 Å². The molecule has 0 aliphatic carbocycles. The molecule has 23 heavy (non-hydrogen) atoms. The lowest BCUT2D eigenvalue weighted by Gasteiger charge is -2.24. The quantitative estimate of drug-likeness (QED) is 0.797. The third-order valence-corrected chi connectivity index (χ3v) is 4.63. The molecule has 0 aromatic heterocycles. The molecule has 0 unspecified atom stereocenters. The van der Waals surface area contributed by atoms with Gasteiger partial charge in [-0.2, -0.15) is 0 Å². The van der Waals surface area contributed by atoms with E-state index in [1.807, 2.05) is 6.07 Å². The van der Waals surface area contributed by atoms with E-state index >= 15 is 0 Å². The molecule has 2 rings (SSSR count). The van der Waals surface area contributed by atoms with Crippen molar-refractivity contribution in [2.24, 2.45) is 0 Å².